The molecular weight excluding hydrogens is 297 g/mol. The number of para-hydroxylation sites is 1. The highest BCUT2D eigenvalue weighted by Crippen LogP contribution is 2.28. The molecule has 0 saturated carbocycles. The molecule has 1 amide bonds. The van der Waals surface area contributed by atoms with Crippen molar-refractivity contribution in [1.82, 2.24) is 0 Å². The zero-order valence-corrected chi connectivity index (χ0v) is 13.4. The number of carbonyl (C=O) groups excluding carboxylic acids is 1. The van der Waals surface area contributed by atoms with E-state index in [-0.39, 0.29) is 18.0 Å². The number of ether oxygens (including phenoxy) is 2. The van der Waals surface area contributed by atoms with Gasteiger partial charge in [-0.15, -0.1) is 0 Å². The Morgan fingerprint density at radius 2 is 1.78 bits per heavy atom. The van der Waals surface area contributed by atoms with Gasteiger partial charge in [-0.2, -0.15) is 0 Å². The van der Waals surface area contributed by atoms with E-state index in [4.69, 9.17) is 9.47 Å². The van der Waals surface area contributed by atoms with Crippen LogP contribution in [0.25, 0.3) is 0 Å². The lowest BCUT2D eigenvalue weighted by atomic mass is 10.2. The van der Waals surface area contributed by atoms with E-state index in [0.29, 0.717) is 0 Å². The second-order valence-electron chi connectivity index (χ2n) is 6.01. The summed E-state index contributed by atoms with van der Waals surface area (Å²) in [7, 11) is 0. The number of hydrogen-bond acceptors (Lipinski definition) is 3. The summed E-state index contributed by atoms with van der Waals surface area (Å²) in [5.41, 5.74) is 0.248. The van der Waals surface area contributed by atoms with Crippen molar-refractivity contribution in [2.75, 3.05) is 5.32 Å². The molecule has 5 heteroatoms. The second-order valence-corrected chi connectivity index (χ2v) is 6.01. The van der Waals surface area contributed by atoms with Gasteiger partial charge in [-0.05, 0) is 38.5 Å². The van der Waals surface area contributed by atoms with E-state index < -0.39 is 17.5 Å². The third-order valence-corrected chi connectivity index (χ3v) is 2.84. The summed E-state index contributed by atoms with van der Waals surface area (Å²) in [4.78, 5) is 11.9. The first-order valence-corrected chi connectivity index (χ1v) is 7.30. The molecule has 1 N–H and O–H groups in total. The van der Waals surface area contributed by atoms with Crippen molar-refractivity contribution in [3.05, 3.63) is 59.9 Å². The highest BCUT2D eigenvalue weighted by atomic mass is 19.1. The van der Waals surface area contributed by atoms with Crippen LogP contribution in [0, 0.1) is 5.82 Å². The fraction of sp³-hybridized carbons (Fsp3) is 0.278. The molecule has 0 aliphatic rings. The molecule has 0 atom stereocenters. The van der Waals surface area contributed by atoms with Gasteiger partial charge in [0.1, 0.15) is 23.6 Å². The van der Waals surface area contributed by atoms with Crippen molar-refractivity contribution in [2.45, 2.75) is 33.0 Å². The van der Waals surface area contributed by atoms with E-state index >= 15 is 0 Å². The lowest BCUT2D eigenvalue weighted by Gasteiger charge is -2.20. The van der Waals surface area contributed by atoms with E-state index in [1.54, 1.807) is 26.8 Å². The molecule has 23 heavy (non-hydrogen) atoms. The van der Waals surface area contributed by atoms with Crippen LogP contribution in [-0.4, -0.2) is 11.7 Å². The van der Waals surface area contributed by atoms with E-state index in [0.717, 1.165) is 5.56 Å². The number of halogens is 1. The highest BCUT2D eigenvalue weighted by Gasteiger charge is 2.19. The summed E-state index contributed by atoms with van der Waals surface area (Å²) in [6.07, 6.45) is -0.729. The Labute approximate surface area is 135 Å². The summed E-state index contributed by atoms with van der Waals surface area (Å²) in [5, 5.41) is 2.41. The molecule has 0 aliphatic heterocycles. The topological polar surface area (TPSA) is 47.6 Å². The van der Waals surface area contributed by atoms with Crippen molar-refractivity contribution >= 4 is 11.8 Å². The fourth-order valence-electron chi connectivity index (χ4n) is 1.89. The average Bonchev–Trinajstić information content (AvgIpc) is 2.47. The molecule has 0 bridgehead atoms. The van der Waals surface area contributed by atoms with Crippen molar-refractivity contribution in [3.63, 3.8) is 0 Å². The molecule has 2 aromatic carbocycles. The van der Waals surface area contributed by atoms with Gasteiger partial charge in [0.2, 0.25) is 0 Å². The molecule has 0 fully saturated rings. The standard InChI is InChI=1S/C18H20FNO3/c1-18(2,3)23-17(21)20-16-14(19)10-7-11-15(16)22-12-13-8-5-4-6-9-13/h4-11H,12H2,1-3H3,(H,20,21). The molecule has 0 unspecified atom stereocenters. The lowest BCUT2D eigenvalue weighted by molar-refractivity contribution is 0.0634. The number of carbonyl (C=O) groups is 1. The maximum Gasteiger partial charge on any atom is 0.412 e. The van der Waals surface area contributed by atoms with Gasteiger partial charge in [0.25, 0.3) is 0 Å². The Morgan fingerprint density at radius 1 is 1.09 bits per heavy atom. The largest absolute Gasteiger partial charge is 0.487 e. The molecular formula is C18H20FNO3. The van der Waals surface area contributed by atoms with Gasteiger partial charge in [0, 0.05) is 0 Å². The van der Waals surface area contributed by atoms with Gasteiger partial charge in [-0.1, -0.05) is 36.4 Å². The Morgan fingerprint density at radius 3 is 2.43 bits per heavy atom. The first-order chi connectivity index (χ1) is 10.8. The van der Waals surface area contributed by atoms with Gasteiger partial charge in [-0.3, -0.25) is 5.32 Å². The number of anilines is 1. The van der Waals surface area contributed by atoms with E-state index in [1.807, 2.05) is 30.3 Å². The van der Waals surface area contributed by atoms with Gasteiger partial charge in [0.15, 0.2) is 5.82 Å². The molecule has 4 nitrogen and oxygen atoms in total. The van der Waals surface area contributed by atoms with Crippen LogP contribution in [0.3, 0.4) is 0 Å². The van der Waals surface area contributed by atoms with Crippen molar-refractivity contribution in [1.29, 1.82) is 0 Å². The molecule has 2 rings (SSSR count). The van der Waals surface area contributed by atoms with Crippen molar-refractivity contribution in [3.8, 4) is 5.75 Å². The number of rotatable bonds is 4. The van der Waals surface area contributed by atoms with Gasteiger partial charge >= 0.3 is 6.09 Å². The fourth-order valence-corrected chi connectivity index (χ4v) is 1.89. The molecule has 0 spiro atoms. The first kappa shape index (κ1) is 16.8. The van der Waals surface area contributed by atoms with Crippen molar-refractivity contribution < 1.29 is 18.7 Å². The molecule has 122 valence electrons. The molecule has 0 aliphatic carbocycles. The van der Waals surface area contributed by atoms with Crippen LogP contribution in [0.4, 0.5) is 14.9 Å². The Balaban J connectivity index is 2.11. The molecule has 2 aromatic rings. The van der Waals surface area contributed by atoms with Gasteiger partial charge in [-0.25, -0.2) is 9.18 Å². The van der Waals surface area contributed by atoms with Crippen LogP contribution in [0.15, 0.2) is 48.5 Å². The third kappa shape index (κ3) is 5.29. The Hall–Kier alpha value is -2.56. The predicted octanol–water partition coefficient (Wildman–Crippen LogP) is 4.75. The highest BCUT2D eigenvalue weighted by molar-refractivity contribution is 5.87. The molecule has 0 radical (unpaired) electrons. The SMILES string of the molecule is CC(C)(C)OC(=O)Nc1c(F)cccc1OCc1ccccc1. The summed E-state index contributed by atoms with van der Waals surface area (Å²) < 4.78 is 24.8. The van der Waals surface area contributed by atoms with Crippen LogP contribution < -0.4 is 10.1 Å². The Kier molecular flexibility index (Phi) is 5.21. The average molecular weight is 317 g/mol. The number of benzene rings is 2. The van der Waals surface area contributed by atoms with Crippen LogP contribution in [-0.2, 0) is 11.3 Å². The van der Waals surface area contributed by atoms with E-state index in [2.05, 4.69) is 5.32 Å². The van der Waals surface area contributed by atoms with E-state index in [1.165, 1.54) is 12.1 Å². The van der Waals surface area contributed by atoms with Gasteiger partial charge < -0.3 is 9.47 Å². The normalized spacial score (nSPS) is 11.0. The van der Waals surface area contributed by atoms with Crippen LogP contribution in [0.5, 0.6) is 5.75 Å². The van der Waals surface area contributed by atoms with Crippen LogP contribution in [0.2, 0.25) is 0 Å². The second kappa shape index (κ2) is 7.13. The van der Waals surface area contributed by atoms with Crippen LogP contribution >= 0.6 is 0 Å². The van der Waals surface area contributed by atoms with Crippen molar-refractivity contribution in [2.24, 2.45) is 0 Å². The number of nitrogens with one attached hydrogen (secondary N) is 1. The first-order valence-electron chi connectivity index (χ1n) is 7.30. The smallest absolute Gasteiger partial charge is 0.412 e. The summed E-state index contributed by atoms with van der Waals surface area (Å²) in [6.45, 7) is 5.48. The predicted molar refractivity (Wildman–Crippen MR) is 87.0 cm³/mol. The molecule has 0 saturated heterocycles. The monoisotopic (exact) mass is 317 g/mol. The number of hydrogen-bond donors (Lipinski definition) is 1. The quantitative estimate of drug-likeness (QED) is 0.885. The van der Waals surface area contributed by atoms with E-state index in [9.17, 15) is 9.18 Å². The summed E-state index contributed by atoms with van der Waals surface area (Å²) in [6, 6.07) is 13.9. The minimum atomic E-state index is -0.729. The minimum absolute atomic E-state index is 0.0299. The summed E-state index contributed by atoms with van der Waals surface area (Å²) >= 11 is 0. The Bertz CT molecular complexity index is 666. The number of amides is 1. The molecule has 0 aromatic heterocycles. The zero-order chi connectivity index (χ0) is 16.9. The lowest BCUT2D eigenvalue weighted by Crippen LogP contribution is -2.27. The third-order valence-electron chi connectivity index (χ3n) is 2.84. The maximum absolute atomic E-state index is 14.0. The summed E-state index contributed by atoms with van der Waals surface area (Å²) in [5.74, 6) is -0.332. The minimum Gasteiger partial charge on any atom is -0.487 e. The zero-order valence-electron chi connectivity index (χ0n) is 13.4. The maximum atomic E-state index is 14.0. The van der Waals surface area contributed by atoms with Crippen LogP contribution in [0.1, 0.15) is 26.3 Å². The van der Waals surface area contributed by atoms with Gasteiger partial charge in [0.05, 0.1) is 0 Å². The molecule has 0 heterocycles.